The van der Waals surface area contributed by atoms with Gasteiger partial charge in [-0.25, -0.2) is 0 Å². The number of thiocarbonyl (C=S) groups is 1. The van der Waals surface area contributed by atoms with Gasteiger partial charge in [0.1, 0.15) is 5.75 Å². The molecule has 2 aromatic carbocycles. The number of benzene rings is 2. The minimum Gasteiger partial charge on any atom is -0.493 e. The predicted molar refractivity (Wildman–Crippen MR) is 123 cm³/mol. The average Bonchev–Trinajstić information content (AvgIpc) is 2.69. The molecule has 0 saturated carbocycles. The summed E-state index contributed by atoms with van der Waals surface area (Å²) in [5, 5.41) is 8.58. The van der Waals surface area contributed by atoms with Crippen LogP contribution in [0.1, 0.15) is 47.9 Å². The molecular formula is C21H24BrN3O3S. The molecule has 0 bridgehead atoms. The number of amides is 2. The van der Waals surface area contributed by atoms with Gasteiger partial charge in [-0.15, -0.1) is 0 Å². The number of rotatable bonds is 7. The Morgan fingerprint density at radius 1 is 1.14 bits per heavy atom. The van der Waals surface area contributed by atoms with Crippen LogP contribution in [-0.4, -0.2) is 29.6 Å². The maximum absolute atomic E-state index is 12.5. The number of para-hydroxylation sites is 1. The summed E-state index contributed by atoms with van der Waals surface area (Å²) in [5.74, 6) is 0.0887. The molecule has 0 fully saturated rings. The fourth-order valence-electron chi connectivity index (χ4n) is 2.44. The Morgan fingerprint density at radius 3 is 2.52 bits per heavy atom. The standard InChI is InChI=1S/C21H24BrN3O3S/c1-4-13(3)23-20(27)15-8-6-7-9-17(15)24-21(29)25-19(26)14-10-11-18(28-5-2)16(22)12-14/h6-13H,4-5H2,1-3H3,(H,23,27)(H2,24,25,26,29). The second kappa shape index (κ2) is 10.9. The molecule has 29 heavy (non-hydrogen) atoms. The van der Waals surface area contributed by atoms with Crippen molar-refractivity contribution in [3.8, 4) is 5.75 Å². The van der Waals surface area contributed by atoms with E-state index in [9.17, 15) is 9.59 Å². The first-order valence-electron chi connectivity index (χ1n) is 9.30. The molecule has 0 aromatic heterocycles. The van der Waals surface area contributed by atoms with Gasteiger partial charge in [-0.3, -0.25) is 14.9 Å². The van der Waals surface area contributed by atoms with Crippen molar-refractivity contribution >= 4 is 50.8 Å². The van der Waals surface area contributed by atoms with E-state index in [-0.39, 0.29) is 23.0 Å². The van der Waals surface area contributed by atoms with E-state index in [0.29, 0.717) is 33.6 Å². The number of hydrogen-bond acceptors (Lipinski definition) is 4. The summed E-state index contributed by atoms with van der Waals surface area (Å²) in [6.07, 6.45) is 0.827. The van der Waals surface area contributed by atoms with Crippen LogP contribution in [0, 0.1) is 0 Å². The van der Waals surface area contributed by atoms with Crippen LogP contribution in [0.5, 0.6) is 5.75 Å². The smallest absolute Gasteiger partial charge is 0.257 e. The summed E-state index contributed by atoms with van der Waals surface area (Å²) >= 11 is 8.65. The highest BCUT2D eigenvalue weighted by atomic mass is 79.9. The Balaban J connectivity index is 2.07. The van der Waals surface area contributed by atoms with E-state index in [0.717, 1.165) is 6.42 Å². The number of hydrogen-bond donors (Lipinski definition) is 3. The molecule has 0 spiro atoms. The first-order valence-corrected chi connectivity index (χ1v) is 10.5. The Labute approximate surface area is 184 Å². The Kier molecular flexibility index (Phi) is 8.60. The molecule has 2 amide bonds. The fraction of sp³-hybridized carbons (Fsp3) is 0.286. The molecule has 1 unspecified atom stereocenters. The van der Waals surface area contributed by atoms with Crippen molar-refractivity contribution in [1.82, 2.24) is 10.6 Å². The molecule has 6 nitrogen and oxygen atoms in total. The second-order valence-corrected chi connectivity index (χ2v) is 7.58. The molecule has 0 aliphatic heterocycles. The van der Waals surface area contributed by atoms with Crippen molar-refractivity contribution in [3.63, 3.8) is 0 Å². The fourth-order valence-corrected chi connectivity index (χ4v) is 3.13. The van der Waals surface area contributed by atoms with Crippen LogP contribution < -0.4 is 20.7 Å². The first-order chi connectivity index (χ1) is 13.8. The van der Waals surface area contributed by atoms with Crippen LogP contribution in [0.2, 0.25) is 0 Å². The number of nitrogens with one attached hydrogen (secondary N) is 3. The van der Waals surface area contributed by atoms with Gasteiger partial charge in [0.05, 0.1) is 22.3 Å². The lowest BCUT2D eigenvalue weighted by atomic mass is 10.1. The van der Waals surface area contributed by atoms with Gasteiger partial charge in [0.15, 0.2) is 5.11 Å². The van der Waals surface area contributed by atoms with Crippen LogP contribution >= 0.6 is 28.1 Å². The minimum atomic E-state index is -0.368. The second-order valence-electron chi connectivity index (χ2n) is 6.31. The molecule has 0 radical (unpaired) electrons. The molecule has 1 atom stereocenters. The van der Waals surface area contributed by atoms with Crippen molar-refractivity contribution in [1.29, 1.82) is 0 Å². The van der Waals surface area contributed by atoms with E-state index < -0.39 is 0 Å². The van der Waals surface area contributed by atoms with E-state index in [4.69, 9.17) is 17.0 Å². The lowest BCUT2D eigenvalue weighted by molar-refractivity contribution is 0.0938. The first kappa shape index (κ1) is 22.8. The number of ether oxygens (including phenoxy) is 1. The van der Waals surface area contributed by atoms with Gasteiger partial charge in [-0.2, -0.15) is 0 Å². The third-order valence-electron chi connectivity index (χ3n) is 4.13. The third-order valence-corrected chi connectivity index (χ3v) is 4.95. The van der Waals surface area contributed by atoms with Gasteiger partial charge < -0.3 is 15.4 Å². The molecule has 154 valence electrons. The molecule has 0 saturated heterocycles. The van der Waals surface area contributed by atoms with Crippen molar-refractivity contribution in [3.05, 3.63) is 58.1 Å². The van der Waals surface area contributed by atoms with E-state index in [2.05, 4.69) is 31.9 Å². The molecular weight excluding hydrogens is 454 g/mol. The average molecular weight is 478 g/mol. The van der Waals surface area contributed by atoms with Gasteiger partial charge in [0.25, 0.3) is 11.8 Å². The van der Waals surface area contributed by atoms with Crippen molar-refractivity contribution in [2.45, 2.75) is 33.2 Å². The Hall–Kier alpha value is -2.45. The van der Waals surface area contributed by atoms with Crippen LogP contribution in [0.15, 0.2) is 46.9 Å². The van der Waals surface area contributed by atoms with Gasteiger partial charge in [-0.05, 0) is 78.7 Å². The molecule has 0 aliphatic rings. The molecule has 8 heteroatoms. The van der Waals surface area contributed by atoms with E-state index in [1.807, 2.05) is 20.8 Å². The minimum absolute atomic E-state index is 0.0558. The summed E-state index contributed by atoms with van der Waals surface area (Å²) < 4.78 is 6.13. The van der Waals surface area contributed by atoms with Crippen LogP contribution in [-0.2, 0) is 0 Å². The zero-order chi connectivity index (χ0) is 21.4. The highest BCUT2D eigenvalue weighted by molar-refractivity contribution is 9.10. The van der Waals surface area contributed by atoms with E-state index in [1.165, 1.54) is 0 Å². The van der Waals surface area contributed by atoms with Crippen molar-refractivity contribution < 1.29 is 14.3 Å². The Morgan fingerprint density at radius 2 is 1.86 bits per heavy atom. The predicted octanol–water partition coefficient (Wildman–Crippen LogP) is 4.50. The largest absolute Gasteiger partial charge is 0.493 e. The lowest BCUT2D eigenvalue weighted by Crippen LogP contribution is -2.36. The Bertz CT molecular complexity index is 904. The monoisotopic (exact) mass is 477 g/mol. The number of anilines is 1. The highest BCUT2D eigenvalue weighted by Gasteiger charge is 2.15. The van der Waals surface area contributed by atoms with Crippen LogP contribution in [0.3, 0.4) is 0 Å². The van der Waals surface area contributed by atoms with Crippen molar-refractivity contribution in [2.24, 2.45) is 0 Å². The van der Waals surface area contributed by atoms with Gasteiger partial charge in [-0.1, -0.05) is 19.1 Å². The molecule has 2 aromatic rings. The zero-order valence-corrected chi connectivity index (χ0v) is 18.9. The number of carbonyl (C=O) groups excluding carboxylic acids is 2. The van der Waals surface area contributed by atoms with E-state index in [1.54, 1.807) is 42.5 Å². The topological polar surface area (TPSA) is 79.5 Å². The normalized spacial score (nSPS) is 11.3. The maximum Gasteiger partial charge on any atom is 0.257 e. The summed E-state index contributed by atoms with van der Waals surface area (Å²) in [7, 11) is 0. The number of halogens is 1. The zero-order valence-electron chi connectivity index (χ0n) is 16.5. The van der Waals surface area contributed by atoms with Gasteiger partial charge in [0.2, 0.25) is 0 Å². The highest BCUT2D eigenvalue weighted by Crippen LogP contribution is 2.26. The summed E-state index contributed by atoms with van der Waals surface area (Å²) in [5.41, 5.74) is 1.40. The van der Waals surface area contributed by atoms with Crippen LogP contribution in [0.4, 0.5) is 5.69 Å². The maximum atomic E-state index is 12.5. The molecule has 2 rings (SSSR count). The van der Waals surface area contributed by atoms with Gasteiger partial charge >= 0.3 is 0 Å². The molecule has 3 N–H and O–H groups in total. The molecule has 0 aliphatic carbocycles. The summed E-state index contributed by atoms with van der Waals surface area (Å²) in [6, 6.07) is 12.1. The number of carbonyl (C=O) groups is 2. The summed E-state index contributed by atoms with van der Waals surface area (Å²) in [4.78, 5) is 25.0. The molecule has 0 heterocycles. The summed E-state index contributed by atoms with van der Waals surface area (Å²) in [6.45, 7) is 6.35. The van der Waals surface area contributed by atoms with Crippen LogP contribution in [0.25, 0.3) is 0 Å². The SMILES string of the molecule is CCOc1ccc(C(=O)NC(=S)Nc2ccccc2C(=O)NC(C)CC)cc1Br. The van der Waals surface area contributed by atoms with Gasteiger partial charge in [0, 0.05) is 11.6 Å². The quantitative estimate of drug-likeness (QED) is 0.511. The van der Waals surface area contributed by atoms with E-state index >= 15 is 0 Å². The third kappa shape index (κ3) is 6.54. The lowest BCUT2D eigenvalue weighted by Gasteiger charge is -2.16. The van der Waals surface area contributed by atoms with Crippen molar-refractivity contribution in [2.75, 3.05) is 11.9 Å².